The van der Waals surface area contributed by atoms with Gasteiger partial charge in [-0.2, -0.15) is 5.21 Å². The van der Waals surface area contributed by atoms with Gasteiger partial charge in [-0.25, -0.2) is 0 Å². The SMILES string of the molecule is Cc1ccc(C(C)NC(C)c2nn[nH]n2)c(O)c1. The minimum absolute atomic E-state index is 0.000833. The first-order valence-electron chi connectivity index (χ1n) is 5.87. The fraction of sp³-hybridized carbons (Fsp3) is 0.417. The quantitative estimate of drug-likeness (QED) is 0.764. The van der Waals surface area contributed by atoms with E-state index in [1.807, 2.05) is 32.9 Å². The predicted molar refractivity (Wildman–Crippen MR) is 67.0 cm³/mol. The molecule has 18 heavy (non-hydrogen) atoms. The van der Waals surface area contributed by atoms with Crippen molar-refractivity contribution in [1.29, 1.82) is 0 Å². The zero-order chi connectivity index (χ0) is 13.1. The standard InChI is InChI=1S/C12H17N5O/c1-7-4-5-10(11(18)6-7)8(2)13-9(3)12-14-16-17-15-12/h4-6,8-9,13,18H,1-3H3,(H,14,15,16,17). The molecule has 1 aromatic carbocycles. The van der Waals surface area contributed by atoms with E-state index in [-0.39, 0.29) is 12.1 Å². The van der Waals surface area contributed by atoms with Crippen LogP contribution in [0.4, 0.5) is 0 Å². The molecule has 6 heteroatoms. The van der Waals surface area contributed by atoms with Crippen molar-refractivity contribution in [2.45, 2.75) is 32.9 Å². The molecule has 1 heterocycles. The monoisotopic (exact) mass is 247 g/mol. The third-order valence-corrected chi connectivity index (χ3v) is 2.90. The minimum atomic E-state index is -0.0422. The van der Waals surface area contributed by atoms with Crippen LogP contribution in [-0.2, 0) is 0 Å². The molecule has 0 amide bonds. The summed E-state index contributed by atoms with van der Waals surface area (Å²) in [6, 6.07) is 5.61. The van der Waals surface area contributed by atoms with Crippen LogP contribution in [0.5, 0.6) is 5.75 Å². The van der Waals surface area contributed by atoms with Crippen LogP contribution >= 0.6 is 0 Å². The summed E-state index contributed by atoms with van der Waals surface area (Å²) in [4.78, 5) is 0. The normalized spacial score (nSPS) is 14.4. The van der Waals surface area contributed by atoms with Gasteiger partial charge in [0.1, 0.15) is 5.75 Å². The molecule has 2 rings (SSSR count). The smallest absolute Gasteiger partial charge is 0.191 e. The van der Waals surface area contributed by atoms with Crippen LogP contribution in [0, 0.1) is 6.92 Å². The van der Waals surface area contributed by atoms with Crippen LogP contribution in [0.25, 0.3) is 0 Å². The fourth-order valence-electron chi connectivity index (χ4n) is 1.91. The second-order valence-electron chi connectivity index (χ2n) is 4.44. The lowest BCUT2D eigenvalue weighted by Gasteiger charge is -2.19. The molecule has 96 valence electrons. The molecule has 1 aromatic heterocycles. The average molecular weight is 247 g/mol. The lowest BCUT2D eigenvalue weighted by molar-refractivity contribution is 0.432. The molecule has 2 aromatic rings. The van der Waals surface area contributed by atoms with E-state index in [0.29, 0.717) is 11.6 Å². The Balaban J connectivity index is 2.10. The first-order chi connectivity index (χ1) is 8.58. The Morgan fingerprint density at radius 2 is 2.06 bits per heavy atom. The van der Waals surface area contributed by atoms with Gasteiger partial charge in [0.15, 0.2) is 5.82 Å². The van der Waals surface area contributed by atoms with Gasteiger partial charge in [0.25, 0.3) is 0 Å². The number of aromatic nitrogens is 4. The Morgan fingerprint density at radius 1 is 1.28 bits per heavy atom. The Bertz CT molecular complexity index is 511. The van der Waals surface area contributed by atoms with Crippen molar-refractivity contribution in [2.24, 2.45) is 0 Å². The number of tetrazole rings is 1. The first-order valence-corrected chi connectivity index (χ1v) is 5.87. The van der Waals surface area contributed by atoms with Crippen LogP contribution in [0.1, 0.15) is 42.9 Å². The van der Waals surface area contributed by atoms with E-state index in [4.69, 9.17) is 0 Å². The molecule has 0 saturated heterocycles. The van der Waals surface area contributed by atoms with Crippen molar-refractivity contribution < 1.29 is 5.11 Å². The third kappa shape index (κ3) is 2.65. The summed E-state index contributed by atoms with van der Waals surface area (Å²) < 4.78 is 0. The number of aryl methyl sites for hydroxylation is 1. The van der Waals surface area contributed by atoms with Gasteiger partial charge in [0, 0.05) is 11.6 Å². The zero-order valence-corrected chi connectivity index (χ0v) is 10.7. The number of aromatic hydroxyl groups is 1. The lowest BCUT2D eigenvalue weighted by Crippen LogP contribution is -2.23. The molecule has 2 unspecified atom stereocenters. The average Bonchev–Trinajstić information content (AvgIpc) is 2.81. The van der Waals surface area contributed by atoms with Crippen molar-refractivity contribution in [3.8, 4) is 5.75 Å². The Morgan fingerprint density at radius 3 is 2.67 bits per heavy atom. The summed E-state index contributed by atoms with van der Waals surface area (Å²) in [6.45, 7) is 5.89. The summed E-state index contributed by atoms with van der Waals surface area (Å²) in [5, 5.41) is 27.0. The van der Waals surface area contributed by atoms with Gasteiger partial charge < -0.3 is 10.4 Å². The summed E-state index contributed by atoms with van der Waals surface area (Å²) in [6.07, 6.45) is 0. The van der Waals surface area contributed by atoms with Crippen molar-refractivity contribution >= 4 is 0 Å². The van der Waals surface area contributed by atoms with Gasteiger partial charge in [0.05, 0.1) is 6.04 Å². The third-order valence-electron chi connectivity index (χ3n) is 2.90. The number of rotatable bonds is 4. The Kier molecular flexibility index (Phi) is 3.57. The summed E-state index contributed by atoms with van der Waals surface area (Å²) in [5.41, 5.74) is 1.89. The maximum Gasteiger partial charge on any atom is 0.191 e. The number of hydrogen-bond donors (Lipinski definition) is 3. The molecule has 0 radical (unpaired) electrons. The molecule has 2 atom stereocenters. The second-order valence-corrected chi connectivity index (χ2v) is 4.44. The summed E-state index contributed by atoms with van der Waals surface area (Å²) >= 11 is 0. The van der Waals surface area contributed by atoms with Crippen molar-refractivity contribution in [1.82, 2.24) is 25.9 Å². The van der Waals surface area contributed by atoms with Crippen molar-refractivity contribution in [3.05, 3.63) is 35.2 Å². The first kappa shape index (κ1) is 12.5. The number of H-pyrrole nitrogens is 1. The van der Waals surface area contributed by atoms with E-state index in [1.54, 1.807) is 6.07 Å². The largest absolute Gasteiger partial charge is 0.508 e. The number of nitrogens with one attached hydrogen (secondary N) is 2. The predicted octanol–water partition coefficient (Wildman–Crippen LogP) is 1.63. The topological polar surface area (TPSA) is 86.7 Å². The van der Waals surface area contributed by atoms with Crippen LogP contribution in [0.2, 0.25) is 0 Å². The minimum Gasteiger partial charge on any atom is -0.508 e. The van der Waals surface area contributed by atoms with Crippen LogP contribution in [0.15, 0.2) is 18.2 Å². The highest BCUT2D eigenvalue weighted by Crippen LogP contribution is 2.26. The number of nitrogens with zero attached hydrogens (tertiary/aromatic N) is 3. The molecular formula is C12H17N5O. The highest BCUT2D eigenvalue weighted by molar-refractivity contribution is 5.37. The second kappa shape index (κ2) is 5.14. The van der Waals surface area contributed by atoms with Gasteiger partial charge in [-0.1, -0.05) is 17.3 Å². The molecule has 0 aliphatic carbocycles. The highest BCUT2D eigenvalue weighted by atomic mass is 16.3. The van der Waals surface area contributed by atoms with Gasteiger partial charge in [-0.15, -0.1) is 10.2 Å². The summed E-state index contributed by atoms with van der Waals surface area (Å²) in [7, 11) is 0. The van der Waals surface area contributed by atoms with E-state index in [1.165, 1.54) is 0 Å². The van der Waals surface area contributed by atoms with Crippen LogP contribution in [0.3, 0.4) is 0 Å². The molecule has 0 aliphatic heterocycles. The van der Waals surface area contributed by atoms with E-state index in [0.717, 1.165) is 11.1 Å². The molecule has 0 bridgehead atoms. The number of aromatic amines is 1. The summed E-state index contributed by atoms with van der Waals surface area (Å²) in [5.74, 6) is 0.906. The molecule has 0 fully saturated rings. The molecular weight excluding hydrogens is 230 g/mol. The zero-order valence-electron chi connectivity index (χ0n) is 10.7. The maximum absolute atomic E-state index is 9.92. The van der Waals surface area contributed by atoms with Gasteiger partial charge in [-0.05, 0) is 32.4 Å². The lowest BCUT2D eigenvalue weighted by atomic mass is 10.0. The number of phenolic OH excluding ortho intramolecular Hbond substituents is 1. The van der Waals surface area contributed by atoms with Crippen LogP contribution in [-0.4, -0.2) is 25.7 Å². The van der Waals surface area contributed by atoms with Crippen molar-refractivity contribution in [2.75, 3.05) is 0 Å². The maximum atomic E-state index is 9.92. The van der Waals surface area contributed by atoms with Crippen molar-refractivity contribution in [3.63, 3.8) is 0 Å². The highest BCUT2D eigenvalue weighted by Gasteiger charge is 2.16. The van der Waals surface area contributed by atoms with E-state index in [2.05, 4.69) is 25.9 Å². The molecule has 6 nitrogen and oxygen atoms in total. The Labute approximate surface area is 105 Å². The van der Waals surface area contributed by atoms with Crippen LogP contribution < -0.4 is 5.32 Å². The van der Waals surface area contributed by atoms with Gasteiger partial charge >= 0.3 is 0 Å². The molecule has 3 N–H and O–H groups in total. The Hall–Kier alpha value is -1.95. The number of phenols is 1. The number of hydrogen-bond acceptors (Lipinski definition) is 5. The molecule has 0 spiro atoms. The van der Waals surface area contributed by atoms with E-state index in [9.17, 15) is 5.11 Å². The van der Waals surface area contributed by atoms with E-state index >= 15 is 0 Å². The van der Waals surface area contributed by atoms with Gasteiger partial charge in [-0.3, -0.25) is 0 Å². The van der Waals surface area contributed by atoms with Gasteiger partial charge in [0.2, 0.25) is 0 Å². The fourth-order valence-corrected chi connectivity index (χ4v) is 1.91. The molecule has 0 aliphatic rings. The molecule has 0 saturated carbocycles. The van der Waals surface area contributed by atoms with E-state index < -0.39 is 0 Å². The number of benzene rings is 1.